The number of hydrogen-bond acceptors (Lipinski definition) is 4. The smallest absolute Gasteiger partial charge is 0.230 e. The predicted octanol–water partition coefficient (Wildman–Crippen LogP) is 2.14. The van der Waals surface area contributed by atoms with Crippen LogP contribution in [0.5, 0.6) is 0 Å². The van der Waals surface area contributed by atoms with Gasteiger partial charge in [0.05, 0.1) is 18.5 Å². The molecule has 0 fully saturated rings. The molecule has 0 aliphatic carbocycles. The number of hydrogen-bond donors (Lipinski definition) is 2. The van der Waals surface area contributed by atoms with Crippen molar-refractivity contribution in [2.24, 2.45) is 5.73 Å². The summed E-state index contributed by atoms with van der Waals surface area (Å²) < 4.78 is 13.6. The molecule has 0 saturated heterocycles. The summed E-state index contributed by atoms with van der Waals surface area (Å²) in [4.78, 5) is 26.7. The van der Waals surface area contributed by atoms with Gasteiger partial charge in [0.25, 0.3) is 0 Å². The second-order valence-electron chi connectivity index (χ2n) is 4.21. The fourth-order valence-electron chi connectivity index (χ4n) is 1.65. The number of rotatable bonds is 5. The van der Waals surface area contributed by atoms with E-state index in [9.17, 15) is 14.0 Å². The standard InChI is InChI=1S/C13H11ClFN3O2S/c14-9-2-1-3-10(15)8(9)5-12(20)18-13-17-7(6-21-13)4-11(16)19/h1-3,6H,4-5H2,(H2,16,19)(H,17,18,20). The van der Waals surface area contributed by atoms with Gasteiger partial charge in [-0.15, -0.1) is 11.3 Å². The zero-order valence-corrected chi connectivity index (χ0v) is 12.3. The van der Waals surface area contributed by atoms with E-state index in [-0.39, 0.29) is 23.4 Å². The molecule has 0 unspecified atom stereocenters. The highest BCUT2D eigenvalue weighted by Gasteiger charge is 2.13. The topological polar surface area (TPSA) is 85.1 Å². The molecule has 2 aromatic rings. The van der Waals surface area contributed by atoms with Gasteiger partial charge in [0.2, 0.25) is 11.8 Å². The maximum atomic E-state index is 13.6. The van der Waals surface area contributed by atoms with E-state index in [1.165, 1.54) is 18.2 Å². The van der Waals surface area contributed by atoms with Crippen LogP contribution in [0.2, 0.25) is 5.02 Å². The average Bonchev–Trinajstić information content (AvgIpc) is 2.80. The van der Waals surface area contributed by atoms with Crippen LogP contribution in [0.15, 0.2) is 23.6 Å². The third-order valence-electron chi connectivity index (χ3n) is 2.55. The lowest BCUT2D eigenvalue weighted by molar-refractivity contribution is -0.117. The number of amides is 2. The van der Waals surface area contributed by atoms with Crippen molar-refractivity contribution >= 4 is 39.9 Å². The van der Waals surface area contributed by atoms with E-state index < -0.39 is 17.6 Å². The van der Waals surface area contributed by atoms with Crippen LogP contribution in [-0.2, 0) is 22.4 Å². The van der Waals surface area contributed by atoms with Crippen LogP contribution in [0.3, 0.4) is 0 Å². The highest BCUT2D eigenvalue weighted by atomic mass is 35.5. The Kier molecular flexibility index (Phi) is 4.87. The van der Waals surface area contributed by atoms with Gasteiger partial charge in [-0.2, -0.15) is 0 Å². The molecule has 21 heavy (non-hydrogen) atoms. The summed E-state index contributed by atoms with van der Waals surface area (Å²) in [5, 5.41) is 4.67. The Morgan fingerprint density at radius 2 is 2.14 bits per heavy atom. The second-order valence-corrected chi connectivity index (χ2v) is 5.48. The summed E-state index contributed by atoms with van der Waals surface area (Å²) in [7, 11) is 0. The van der Waals surface area contributed by atoms with Crippen LogP contribution < -0.4 is 11.1 Å². The summed E-state index contributed by atoms with van der Waals surface area (Å²) in [6.45, 7) is 0. The summed E-state index contributed by atoms with van der Waals surface area (Å²) in [6, 6.07) is 4.22. The highest BCUT2D eigenvalue weighted by molar-refractivity contribution is 7.13. The minimum Gasteiger partial charge on any atom is -0.369 e. The normalized spacial score (nSPS) is 10.4. The van der Waals surface area contributed by atoms with E-state index in [1.54, 1.807) is 5.38 Å². The lowest BCUT2D eigenvalue weighted by Gasteiger charge is -2.05. The summed E-state index contributed by atoms with van der Waals surface area (Å²) in [5.41, 5.74) is 5.66. The fourth-order valence-corrected chi connectivity index (χ4v) is 2.61. The maximum Gasteiger partial charge on any atom is 0.230 e. The van der Waals surface area contributed by atoms with Crippen LogP contribution in [0, 0.1) is 5.82 Å². The van der Waals surface area contributed by atoms with Crippen molar-refractivity contribution in [1.29, 1.82) is 0 Å². The van der Waals surface area contributed by atoms with E-state index in [4.69, 9.17) is 17.3 Å². The molecule has 0 aliphatic rings. The Morgan fingerprint density at radius 3 is 2.81 bits per heavy atom. The number of nitrogens with zero attached hydrogens (tertiary/aromatic N) is 1. The molecule has 110 valence electrons. The van der Waals surface area contributed by atoms with Crippen molar-refractivity contribution in [1.82, 2.24) is 4.98 Å². The Morgan fingerprint density at radius 1 is 1.38 bits per heavy atom. The van der Waals surface area contributed by atoms with Gasteiger partial charge >= 0.3 is 0 Å². The summed E-state index contributed by atoms with van der Waals surface area (Å²) in [6.07, 6.45) is -0.193. The molecule has 2 rings (SSSR count). The van der Waals surface area contributed by atoms with Gasteiger partial charge in [-0.3, -0.25) is 9.59 Å². The number of carbonyl (C=O) groups excluding carboxylic acids is 2. The number of thiazole rings is 1. The zero-order chi connectivity index (χ0) is 15.4. The van der Waals surface area contributed by atoms with Gasteiger partial charge in [0, 0.05) is 16.0 Å². The molecule has 0 spiro atoms. The first-order valence-corrected chi connectivity index (χ1v) is 7.17. The van der Waals surface area contributed by atoms with Crippen molar-refractivity contribution in [3.05, 3.63) is 45.7 Å². The van der Waals surface area contributed by atoms with Crippen molar-refractivity contribution in [3.63, 3.8) is 0 Å². The molecule has 2 amide bonds. The van der Waals surface area contributed by atoms with Gasteiger partial charge in [-0.25, -0.2) is 9.37 Å². The van der Waals surface area contributed by atoms with Crippen molar-refractivity contribution < 1.29 is 14.0 Å². The van der Waals surface area contributed by atoms with Crippen LogP contribution in [-0.4, -0.2) is 16.8 Å². The van der Waals surface area contributed by atoms with Gasteiger partial charge in [-0.1, -0.05) is 17.7 Å². The number of halogens is 2. The number of benzene rings is 1. The van der Waals surface area contributed by atoms with Crippen LogP contribution in [0.4, 0.5) is 9.52 Å². The van der Waals surface area contributed by atoms with E-state index >= 15 is 0 Å². The molecule has 0 bridgehead atoms. The number of nitrogens with two attached hydrogens (primary N) is 1. The van der Waals surface area contributed by atoms with Crippen LogP contribution in [0.1, 0.15) is 11.3 Å². The molecule has 1 aromatic carbocycles. The lowest BCUT2D eigenvalue weighted by atomic mass is 10.1. The van der Waals surface area contributed by atoms with E-state index in [1.807, 2.05) is 0 Å². The van der Waals surface area contributed by atoms with Crippen molar-refractivity contribution in [2.75, 3.05) is 5.32 Å². The Balaban J connectivity index is 2.02. The number of aromatic nitrogens is 1. The zero-order valence-electron chi connectivity index (χ0n) is 10.7. The molecular weight excluding hydrogens is 317 g/mol. The maximum absolute atomic E-state index is 13.6. The Labute approximate surface area is 128 Å². The molecular formula is C13H11ClFN3O2S. The third kappa shape index (κ3) is 4.24. The largest absolute Gasteiger partial charge is 0.369 e. The average molecular weight is 328 g/mol. The van der Waals surface area contributed by atoms with Crippen molar-refractivity contribution in [2.45, 2.75) is 12.8 Å². The number of anilines is 1. The second kappa shape index (κ2) is 6.64. The number of primary amides is 1. The third-order valence-corrected chi connectivity index (χ3v) is 3.71. The van der Waals surface area contributed by atoms with Crippen LogP contribution >= 0.6 is 22.9 Å². The molecule has 0 radical (unpaired) electrons. The van der Waals surface area contributed by atoms with Gasteiger partial charge < -0.3 is 11.1 Å². The van der Waals surface area contributed by atoms with E-state index in [2.05, 4.69) is 10.3 Å². The molecule has 0 aliphatic heterocycles. The van der Waals surface area contributed by atoms with E-state index in [0.29, 0.717) is 10.8 Å². The number of carbonyl (C=O) groups is 2. The molecule has 0 atom stereocenters. The fraction of sp³-hybridized carbons (Fsp3) is 0.154. The monoisotopic (exact) mass is 327 g/mol. The SMILES string of the molecule is NC(=O)Cc1csc(NC(=O)Cc2c(F)cccc2Cl)n1. The molecule has 3 N–H and O–H groups in total. The van der Waals surface area contributed by atoms with Crippen molar-refractivity contribution in [3.8, 4) is 0 Å². The first kappa shape index (κ1) is 15.4. The summed E-state index contributed by atoms with van der Waals surface area (Å²) in [5.74, 6) is -1.48. The Hall–Kier alpha value is -1.99. The number of nitrogens with one attached hydrogen (secondary N) is 1. The Bertz CT molecular complexity index is 670. The van der Waals surface area contributed by atoms with E-state index in [0.717, 1.165) is 11.3 Å². The quantitative estimate of drug-likeness (QED) is 0.882. The predicted molar refractivity (Wildman–Crippen MR) is 78.8 cm³/mol. The lowest BCUT2D eigenvalue weighted by Crippen LogP contribution is -2.16. The minimum atomic E-state index is -0.536. The molecule has 5 nitrogen and oxygen atoms in total. The highest BCUT2D eigenvalue weighted by Crippen LogP contribution is 2.21. The van der Waals surface area contributed by atoms with Crippen LogP contribution in [0.25, 0.3) is 0 Å². The summed E-state index contributed by atoms with van der Waals surface area (Å²) >= 11 is 7.01. The minimum absolute atomic E-state index is 0.00547. The molecule has 1 aromatic heterocycles. The first-order chi connectivity index (χ1) is 9.95. The first-order valence-electron chi connectivity index (χ1n) is 5.91. The van der Waals surface area contributed by atoms with Gasteiger partial charge in [-0.05, 0) is 12.1 Å². The molecule has 1 heterocycles. The van der Waals surface area contributed by atoms with Gasteiger partial charge in [0.1, 0.15) is 5.82 Å². The van der Waals surface area contributed by atoms with Gasteiger partial charge in [0.15, 0.2) is 5.13 Å². The molecule has 0 saturated carbocycles. The molecule has 8 heteroatoms.